The van der Waals surface area contributed by atoms with E-state index in [0.29, 0.717) is 6.54 Å². The minimum absolute atomic E-state index is 0.106. The van der Waals surface area contributed by atoms with E-state index in [1.807, 2.05) is 6.92 Å². The van der Waals surface area contributed by atoms with E-state index in [1.165, 1.54) is 0 Å². The number of halogens is 1. The first-order valence-electron chi connectivity index (χ1n) is 11.5. The van der Waals surface area contributed by atoms with Crippen LogP contribution in [0.25, 0.3) is 0 Å². The number of carbonyl (C=O) groups excluding carboxylic acids is 4. The van der Waals surface area contributed by atoms with E-state index < -0.39 is 80.6 Å². The number of allylic oxidation sites excluding steroid dienone is 2. The van der Waals surface area contributed by atoms with Crippen molar-refractivity contribution in [3.63, 3.8) is 0 Å². The Morgan fingerprint density at radius 1 is 1.22 bits per heavy atom. The second-order valence-electron chi connectivity index (χ2n) is 9.24. The molecule has 0 heterocycles. The molecule has 3 aliphatic carbocycles. The fraction of sp³-hybridized carbons (Fsp3) is 0.417. The lowest BCUT2D eigenvalue weighted by molar-refractivity contribution is -0.144. The van der Waals surface area contributed by atoms with E-state index in [2.05, 4.69) is 10.6 Å². The molecule has 4 rings (SSSR count). The average molecular weight is 503 g/mol. The topological polar surface area (TPSA) is 199 Å². The summed E-state index contributed by atoms with van der Waals surface area (Å²) in [6.45, 7) is 2.34. The molecule has 0 aromatic heterocycles. The Labute approximate surface area is 204 Å². The number of hydrogen-bond donors (Lipinski definition) is 7. The van der Waals surface area contributed by atoms with Gasteiger partial charge in [-0.3, -0.25) is 19.2 Å². The van der Waals surface area contributed by atoms with Gasteiger partial charge in [-0.15, -0.1) is 0 Å². The van der Waals surface area contributed by atoms with Crippen LogP contribution in [-0.2, 0) is 20.8 Å². The number of carbonyl (C=O) groups is 4. The normalized spacial score (nSPS) is 25.3. The van der Waals surface area contributed by atoms with Crippen molar-refractivity contribution in [1.82, 2.24) is 5.32 Å². The number of amides is 2. The Bertz CT molecular complexity index is 1270. The Balaban J connectivity index is 1.77. The standard InChI is InChI=1S/C24H26FN3O8/c1-2-3-27-8-15(30)28-13-7-12(25)11-5-9-4-10-6-14(29)18(23(26)35)22(34)24(10,36)21(33)16(9)20(32)17(11)19(13)31/h7,9-10,27,29,31,33,36H,2-6,8H2,1H3,(H2,26,35)(H,28,30)/t9?,10-,24-/m0/s1. The molecule has 36 heavy (non-hydrogen) atoms. The number of aliphatic hydroxyl groups is 3. The van der Waals surface area contributed by atoms with Gasteiger partial charge < -0.3 is 36.8 Å². The van der Waals surface area contributed by atoms with Gasteiger partial charge in [0.15, 0.2) is 17.1 Å². The number of aromatic hydroxyl groups is 1. The maximum atomic E-state index is 15.1. The van der Waals surface area contributed by atoms with Crippen molar-refractivity contribution < 1.29 is 44.0 Å². The lowest BCUT2D eigenvalue weighted by Gasteiger charge is -2.45. The minimum atomic E-state index is -2.71. The Hall–Kier alpha value is -3.77. The van der Waals surface area contributed by atoms with Crippen molar-refractivity contribution in [3.05, 3.63) is 45.7 Å². The molecule has 3 atom stereocenters. The van der Waals surface area contributed by atoms with E-state index in [4.69, 9.17) is 5.73 Å². The number of hydrogen-bond acceptors (Lipinski definition) is 9. The molecule has 0 bridgehead atoms. The molecule has 1 aromatic rings. The molecule has 2 amide bonds. The fourth-order valence-corrected chi connectivity index (χ4v) is 5.31. The van der Waals surface area contributed by atoms with E-state index >= 15 is 4.39 Å². The van der Waals surface area contributed by atoms with Gasteiger partial charge >= 0.3 is 0 Å². The highest BCUT2D eigenvalue weighted by Crippen LogP contribution is 2.52. The lowest BCUT2D eigenvalue weighted by atomic mass is 9.60. The van der Waals surface area contributed by atoms with Crippen LogP contribution >= 0.6 is 0 Å². The second kappa shape index (κ2) is 9.03. The maximum Gasteiger partial charge on any atom is 0.255 e. The first kappa shape index (κ1) is 25.3. The smallest absolute Gasteiger partial charge is 0.255 e. The zero-order valence-electron chi connectivity index (χ0n) is 19.4. The summed E-state index contributed by atoms with van der Waals surface area (Å²) in [6, 6.07) is 0.894. The van der Waals surface area contributed by atoms with Gasteiger partial charge in [-0.25, -0.2) is 4.39 Å². The summed E-state index contributed by atoms with van der Waals surface area (Å²) in [7, 11) is 0. The van der Waals surface area contributed by atoms with Gasteiger partial charge in [0.1, 0.15) is 22.9 Å². The number of aliphatic hydroxyl groups excluding tert-OH is 2. The zero-order valence-corrected chi connectivity index (χ0v) is 19.4. The molecule has 1 unspecified atom stereocenters. The monoisotopic (exact) mass is 503 g/mol. The molecule has 0 aliphatic heterocycles. The van der Waals surface area contributed by atoms with Crippen molar-refractivity contribution in [3.8, 4) is 5.75 Å². The van der Waals surface area contributed by atoms with E-state index in [1.54, 1.807) is 0 Å². The van der Waals surface area contributed by atoms with Crippen LogP contribution in [0, 0.1) is 17.7 Å². The molecular formula is C24H26FN3O8. The highest BCUT2D eigenvalue weighted by atomic mass is 19.1. The molecule has 0 fully saturated rings. The third-order valence-corrected chi connectivity index (χ3v) is 6.99. The number of Topliss-reactive ketones (excluding diaryl/α,β-unsaturated/α-hetero) is 2. The van der Waals surface area contributed by atoms with Crippen molar-refractivity contribution in [2.24, 2.45) is 17.6 Å². The van der Waals surface area contributed by atoms with Crippen LogP contribution in [0.4, 0.5) is 10.1 Å². The number of ketones is 2. The number of nitrogens with one attached hydrogen (secondary N) is 2. The van der Waals surface area contributed by atoms with E-state index in [-0.39, 0.29) is 37.1 Å². The lowest BCUT2D eigenvalue weighted by Crippen LogP contribution is -2.57. The molecule has 0 radical (unpaired) electrons. The molecular weight excluding hydrogens is 477 g/mol. The third kappa shape index (κ3) is 3.73. The average Bonchev–Trinajstić information content (AvgIpc) is 2.79. The molecule has 1 aromatic carbocycles. The maximum absolute atomic E-state index is 15.1. The van der Waals surface area contributed by atoms with Crippen LogP contribution in [0.2, 0.25) is 0 Å². The van der Waals surface area contributed by atoms with Crippen LogP contribution in [0.3, 0.4) is 0 Å². The van der Waals surface area contributed by atoms with Gasteiger partial charge in [0.25, 0.3) is 5.91 Å². The predicted molar refractivity (Wildman–Crippen MR) is 123 cm³/mol. The first-order chi connectivity index (χ1) is 16.9. The van der Waals surface area contributed by atoms with Gasteiger partial charge in [0, 0.05) is 29.5 Å². The number of nitrogens with two attached hydrogens (primary N) is 1. The highest BCUT2D eigenvalue weighted by molar-refractivity contribution is 6.24. The zero-order chi connectivity index (χ0) is 26.5. The summed E-state index contributed by atoms with van der Waals surface area (Å²) in [5.74, 6) is -9.50. The third-order valence-electron chi connectivity index (χ3n) is 6.99. The van der Waals surface area contributed by atoms with Gasteiger partial charge in [-0.05, 0) is 31.7 Å². The number of phenolic OH excluding ortho intramolecular Hbond substituents is 1. The van der Waals surface area contributed by atoms with Crippen molar-refractivity contribution in [2.75, 3.05) is 18.4 Å². The largest absolute Gasteiger partial charge is 0.511 e. The Kier molecular flexibility index (Phi) is 6.35. The van der Waals surface area contributed by atoms with Crippen LogP contribution < -0.4 is 16.4 Å². The number of primary amides is 1. The number of anilines is 1. The number of benzene rings is 1. The number of rotatable bonds is 6. The van der Waals surface area contributed by atoms with Crippen molar-refractivity contribution >= 4 is 29.1 Å². The molecule has 0 saturated heterocycles. The SMILES string of the molecule is CCCNCC(=O)Nc1cc(F)c2c(c1O)C(=O)C1=C(O)[C@]3(O)C(=O)C(C(N)=O)=C(O)C[C@@H]3CC1C2. The highest BCUT2D eigenvalue weighted by Gasteiger charge is 2.59. The number of fused-ring (bicyclic) bond motifs is 3. The molecule has 192 valence electrons. The summed E-state index contributed by atoms with van der Waals surface area (Å²) in [4.78, 5) is 50.2. The van der Waals surface area contributed by atoms with Gasteiger partial charge in [0.2, 0.25) is 11.7 Å². The van der Waals surface area contributed by atoms with Crippen molar-refractivity contribution in [1.29, 1.82) is 0 Å². The number of phenols is 1. The fourth-order valence-electron chi connectivity index (χ4n) is 5.31. The van der Waals surface area contributed by atoms with Crippen LogP contribution in [0.1, 0.15) is 42.1 Å². The van der Waals surface area contributed by atoms with Crippen molar-refractivity contribution in [2.45, 2.75) is 38.2 Å². The quantitative estimate of drug-likeness (QED) is 0.165. The summed E-state index contributed by atoms with van der Waals surface area (Å²) in [5.41, 5.74) is 0.149. The Morgan fingerprint density at radius 3 is 2.56 bits per heavy atom. The van der Waals surface area contributed by atoms with Crippen LogP contribution in [0.5, 0.6) is 5.75 Å². The van der Waals surface area contributed by atoms with E-state index in [9.17, 15) is 39.6 Å². The van der Waals surface area contributed by atoms with Gasteiger partial charge in [-0.2, -0.15) is 0 Å². The summed E-state index contributed by atoms with van der Waals surface area (Å²) >= 11 is 0. The second-order valence-corrected chi connectivity index (χ2v) is 9.24. The van der Waals surface area contributed by atoms with Crippen LogP contribution in [-0.4, -0.2) is 62.5 Å². The molecule has 3 aliphatic rings. The predicted octanol–water partition coefficient (Wildman–Crippen LogP) is 0.658. The Morgan fingerprint density at radius 2 is 1.92 bits per heavy atom. The summed E-state index contributed by atoms with van der Waals surface area (Å²) < 4.78 is 15.1. The molecule has 0 spiro atoms. The van der Waals surface area contributed by atoms with Gasteiger partial charge in [0.05, 0.1) is 17.8 Å². The minimum Gasteiger partial charge on any atom is -0.511 e. The molecule has 11 nitrogen and oxygen atoms in total. The summed E-state index contributed by atoms with van der Waals surface area (Å²) in [6.07, 6.45) is 0.122. The van der Waals surface area contributed by atoms with E-state index in [0.717, 1.165) is 12.5 Å². The molecule has 8 N–H and O–H groups in total. The van der Waals surface area contributed by atoms with Gasteiger partial charge in [-0.1, -0.05) is 6.92 Å². The first-order valence-corrected chi connectivity index (χ1v) is 11.5. The molecule has 12 heteroatoms. The summed E-state index contributed by atoms with van der Waals surface area (Å²) in [5, 5.41) is 48.3. The van der Waals surface area contributed by atoms with Crippen LogP contribution in [0.15, 0.2) is 28.7 Å². The molecule has 0 saturated carbocycles.